The fourth-order valence-corrected chi connectivity index (χ4v) is 3.71. The van der Waals surface area contributed by atoms with Crippen LogP contribution in [0.1, 0.15) is 5.89 Å². The SMILES string of the molecule is COc1ccc(S(C)(=O)=Nc2ccc(-c3noc(C(F)(F)F)n3)c(OC)c2)cc1. The molecule has 1 atom stereocenters. The van der Waals surface area contributed by atoms with Gasteiger partial charge in [0, 0.05) is 17.2 Å². The fourth-order valence-electron chi connectivity index (χ4n) is 2.45. The Bertz CT molecular complexity index is 1130. The maximum absolute atomic E-state index is 13.0. The molecular weight excluding hydrogens is 411 g/mol. The van der Waals surface area contributed by atoms with Crippen molar-refractivity contribution >= 4 is 15.4 Å². The molecule has 0 aliphatic heterocycles. The molecule has 0 saturated heterocycles. The molecule has 3 rings (SSSR count). The molecule has 1 heterocycles. The number of alkyl halides is 3. The Morgan fingerprint density at radius 2 is 1.76 bits per heavy atom. The van der Waals surface area contributed by atoms with Gasteiger partial charge in [-0.2, -0.15) is 22.5 Å². The Kier molecular flexibility index (Phi) is 5.51. The lowest BCUT2D eigenvalue weighted by Crippen LogP contribution is -2.04. The summed E-state index contributed by atoms with van der Waals surface area (Å²) in [6, 6.07) is 11.0. The summed E-state index contributed by atoms with van der Waals surface area (Å²) in [5, 5.41) is 3.34. The van der Waals surface area contributed by atoms with Crippen LogP contribution in [0.4, 0.5) is 18.9 Å². The average Bonchev–Trinajstić information content (AvgIpc) is 3.18. The van der Waals surface area contributed by atoms with Crippen LogP contribution in [0.5, 0.6) is 11.5 Å². The molecule has 0 saturated carbocycles. The van der Waals surface area contributed by atoms with Crippen LogP contribution in [-0.4, -0.2) is 34.8 Å². The maximum Gasteiger partial charge on any atom is 0.471 e. The van der Waals surface area contributed by atoms with Crippen LogP contribution in [0.15, 0.2) is 56.2 Å². The summed E-state index contributed by atoms with van der Waals surface area (Å²) < 4.78 is 69.8. The molecule has 11 heteroatoms. The predicted molar refractivity (Wildman–Crippen MR) is 98.7 cm³/mol. The molecule has 3 aromatic rings. The van der Waals surface area contributed by atoms with E-state index in [1.807, 2.05) is 0 Å². The van der Waals surface area contributed by atoms with Crippen LogP contribution in [0, 0.1) is 0 Å². The third-order valence-corrected chi connectivity index (χ3v) is 5.58. The lowest BCUT2D eigenvalue weighted by molar-refractivity contribution is -0.159. The number of halogens is 3. The van der Waals surface area contributed by atoms with Crippen molar-refractivity contribution in [2.24, 2.45) is 4.36 Å². The van der Waals surface area contributed by atoms with Crippen LogP contribution >= 0.6 is 0 Å². The summed E-state index contributed by atoms with van der Waals surface area (Å²) in [4.78, 5) is 3.84. The van der Waals surface area contributed by atoms with Gasteiger partial charge in [0.15, 0.2) is 0 Å². The van der Waals surface area contributed by atoms with Crippen molar-refractivity contribution in [2.45, 2.75) is 11.1 Å². The Morgan fingerprint density at radius 1 is 1.07 bits per heavy atom. The largest absolute Gasteiger partial charge is 0.497 e. The first-order valence-corrected chi connectivity index (χ1v) is 10.0. The first kappa shape index (κ1) is 20.6. The number of ether oxygens (including phenoxy) is 2. The summed E-state index contributed by atoms with van der Waals surface area (Å²) in [7, 11) is 0.0684. The molecule has 0 fully saturated rings. The van der Waals surface area contributed by atoms with Crippen molar-refractivity contribution in [1.82, 2.24) is 10.1 Å². The molecule has 0 aliphatic rings. The topological polar surface area (TPSA) is 86.8 Å². The third kappa shape index (κ3) is 4.50. The summed E-state index contributed by atoms with van der Waals surface area (Å²) in [6.07, 6.45) is -3.27. The van der Waals surface area contributed by atoms with Gasteiger partial charge in [-0.1, -0.05) is 5.16 Å². The van der Waals surface area contributed by atoms with Crippen molar-refractivity contribution in [1.29, 1.82) is 0 Å². The quantitative estimate of drug-likeness (QED) is 0.593. The number of methoxy groups -OCH3 is 2. The van der Waals surface area contributed by atoms with Gasteiger partial charge in [0.25, 0.3) is 0 Å². The standard InChI is InChI=1S/C18H16F3N3O4S/c1-26-12-5-7-13(8-6-12)29(3,25)24-11-4-9-14(15(10-11)27-2)16-22-17(28-23-16)18(19,20)21/h4-10H,1-3H3. The Labute approximate surface area is 164 Å². The van der Waals surface area contributed by atoms with E-state index in [0.717, 1.165) is 0 Å². The highest BCUT2D eigenvalue weighted by molar-refractivity contribution is 7.93. The molecule has 0 aliphatic carbocycles. The van der Waals surface area contributed by atoms with Gasteiger partial charge in [-0.3, -0.25) is 0 Å². The molecule has 1 aromatic heterocycles. The number of aromatic nitrogens is 2. The normalized spacial score (nSPS) is 13.6. The van der Waals surface area contributed by atoms with Crippen LogP contribution in [-0.2, 0) is 15.9 Å². The van der Waals surface area contributed by atoms with Gasteiger partial charge in [0.2, 0.25) is 5.82 Å². The molecule has 29 heavy (non-hydrogen) atoms. The second-order valence-electron chi connectivity index (χ2n) is 5.87. The molecule has 2 aromatic carbocycles. The minimum atomic E-state index is -4.75. The van der Waals surface area contributed by atoms with Gasteiger partial charge in [-0.25, -0.2) is 4.21 Å². The minimum Gasteiger partial charge on any atom is -0.497 e. The monoisotopic (exact) mass is 427 g/mol. The van der Waals surface area contributed by atoms with E-state index in [4.69, 9.17) is 9.47 Å². The Morgan fingerprint density at radius 3 is 2.31 bits per heavy atom. The highest BCUT2D eigenvalue weighted by Gasteiger charge is 2.38. The van der Waals surface area contributed by atoms with Crippen LogP contribution in [0.3, 0.4) is 0 Å². The summed E-state index contributed by atoms with van der Waals surface area (Å²) in [5.41, 5.74) is 0.492. The fraction of sp³-hybridized carbons (Fsp3) is 0.222. The first-order chi connectivity index (χ1) is 13.6. The second-order valence-corrected chi connectivity index (χ2v) is 8.13. The maximum atomic E-state index is 13.0. The van der Waals surface area contributed by atoms with E-state index in [9.17, 15) is 17.4 Å². The number of hydrogen-bond donors (Lipinski definition) is 0. The Balaban J connectivity index is 1.98. The van der Waals surface area contributed by atoms with E-state index in [1.54, 1.807) is 24.3 Å². The summed E-state index contributed by atoms with van der Waals surface area (Å²) in [5.74, 6) is -0.966. The molecule has 0 radical (unpaired) electrons. The van der Waals surface area contributed by atoms with Gasteiger partial charge in [-0.05, 0) is 36.4 Å². The molecular formula is C18H16F3N3O4S. The molecule has 0 N–H and O–H groups in total. The Hall–Kier alpha value is -3.08. The molecule has 0 amide bonds. The molecule has 1 unspecified atom stereocenters. The summed E-state index contributed by atoms with van der Waals surface area (Å²) >= 11 is 0. The number of hydrogen-bond acceptors (Lipinski definition) is 7. The van der Waals surface area contributed by atoms with Gasteiger partial charge in [0.1, 0.15) is 11.5 Å². The van der Waals surface area contributed by atoms with Crippen molar-refractivity contribution in [3.8, 4) is 22.9 Å². The minimum absolute atomic E-state index is 0.158. The van der Waals surface area contributed by atoms with E-state index < -0.39 is 21.8 Å². The van der Waals surface area contributed by atoms with Crippen molar-refractivity contribution in [3.05, 3.63) is 48.4 Å². The van der Waals surface area contributed by atoms with Gasteiger partial charge < -0.3 is 14.0 Å². The van der Waals surface area contributed by atoms with Gasteiger partial charge >= 0.3 is 12.1 Å². The van der Waals surface area contributed by atoms with E-state index in [1.165, 1.54) is 38.7 Å². The third-order valence-electron chi connectivity index (χ3n) is 3.87. The van der Waals surface area contributed by atoms with Crippen molar-refractivity contribution in [2.75, 3.05) is 20.5 Å². The van der Waals surface area contributed by atoms with Gasteiger partial charge in [0.05, 0.1) is 35.2 Å². The smallest absolute Gasteiger partial charge is 0.471 e. The molecule has 154 valence electrons. The van der Waals surface area contributed by atoms with Gasteiger partial charge in [-0.15, -0.1) is 0 Å². The highest BCUT2D eigenvalue weighted by atomic mass is 32.2. The zero-order valence-electron chi connectivity index (χ0n) is 15.6. The van der Waals surface area contributed by atoms with Crippen LogP contribution in [0.2, 0.25) is 0 Å². The van der Waals surface area contributed by atoms with Crippen LogP contribution in [0.25, 0.3) is 11.4 Å². The molecule has 7 nitrogen and oxygen atoms in total. The first-order valence-electron chi connectivity index (χ1n) is 8.09. The lowest BCUT2D eigenvalue weighted by Gasteiger charge is -2.09. The predicted octanol–water partition coefficient (Wildman–Crippen LogP) is 4.56. The second kappa shape index (κ2) is 7.74. The van der Waals surface area contributed by atoms with Crippen LogP contribution < -0.4 is 9.47 Å². The van der Waals surface area contributed by atoms with E-state index in [2.05, 4.69) is 19.0 Å². The van der Waals surface area contributed by atoms with Crippen molar-refractivity contribution in [3.63, 3.8) is 0 Å². The van der Waals surface area contributed by atoms with E-state index >= 15 is 0 Å². The average molecular weight is 427 g/mol. The van der Waals surface area contributed by atoms with E-state index in [0.29, 0.717) is 16.3 Å². The number of benzene rings is 2. The number of nitrogens with zero attached hydrogens (tertiary/aromatic N) is 3. The number of rotatable bonds is 5. The lowest BCUT2D eigenvalue weighted by atomic mass is 10.1. The van der Waals surface area contributed by atoms with Crippen molar-refractivity contribution < 1.29 is 31.4 Å². The molecule has 0 spiro atoms. The zero-order chi connectivity index (χ0) is 21.2. The zero-order valence-corrected chi connectivity index (χ0v) is 16.4. The van der Waals surface area contributed by atoms with E-state index in [-0.39, 0.29) is 17.1 Å². The summed E-state index contributed by atoms with van der Waals surface area (Å²) in [6.45, 7) is 0. The molecule has 0 bridgehead atoms. The highest BCUT2D eigenvalue weighted by Crippen LogP contribution is 2.35.